The summed E-state index contributed by atoms with van der Waals surface area (Å²) in [5.41, 5.74) is 0. The van der Waals surface area contributed by atoms with E-state index in [1.165, 1.54) is 11.3 Å². The Labute approximate surface area is 111 Å². The molecule has 0 fully saturated rings. The van der Waals surface area contributed by atoms with Gasteiger partial charge in [-0.05, 0) is 38.1 Å². The molecule has 0 saturated carbocycles. The Morgan fingerprint density at radius 2 is 2.17 bits per heavy atom. The highest BCUT2D eigenvalue weighted by molar-refractivity contribution is 7.91. The molecule has 0 aliphatic rings. The number of furan rings is 1. The molecule has 0 bridgehead atoms. The molecule has 4 nitrogen and oxygen atoms in total. The molecule has 2 rings (SSSR count). The normalized spacial score (nSPS) is 13.7. The second-order valence-electron chi connectivity index (χ2n) is 4.17. The predicted octanol–water partition coefficient (Wildman–Crippen LogP) is 2.56. The third-order valence-corrected chi connectivity index (χ3v) is 5.51. The van der Waals surface area contributed by atoms with Crippen molar-refractivity contribution in [2.24, 2.45) is 0 Å². The highest BCUT2D eigenvalue weighted by atomic mass is 32.2. The van der Waals surface area contributed by atoms with Gasteiger partial charge in [0, 0.05) is 17.3 Å². The van der Waals surface area contributed by atoms with Crippen molar-refractivity contribution in [3.05, 3.63) is 41.2 Å². The average Bonchev–Trinajstić information content (AvgIpc) is 2.88. The lowest BCUT2D eigenvalue weighted by Crippen LogP contribution is -2.33. The van der Waals surface area contributed by atoms with Crippen molar-refractivity contribution in [3.8, 4) is 0 Å². The first-order chi connectivity index (χ1) is 8.47. The highest BCUT2D eigenvalue weighted by Gasteiger charge is 2.19. The summed E-state index contributed by atoms with van der Waals surface area (Å²) >= 11 is 1.27. The zero-order chi connectivity index (χ0) is 13.2. The zero-order valence-corrected chi connectivity index (χ0v) is 11.8. The van der Waals surface area contributed by atoms with E-state index in [-0.39, 0.29) is 6.04 Å². The summed E-state index contributed by atoms with van der Waals surface area (Å²) in [5.74, 6) is 0.771. The Morgan fingerprint density at radius 1 is 1.39 bits per heavy atom. The summed E-state index contributed by atoms with van der Waals surface area (Å²) in [6.45, 7) is 3.70. The molecule has 0 amide bonds. The van der Waals surface area contributed by atoms with Gasteiger partial charge in [0.2, 0.25) is 10.0 Å². The molecule has 2 aromatic heterocycles. The first-order valence-corrected chi connectivity index (χ1v) is 7.88. The minimum atomic E-state index is -3.42. The van der Waals surface area contributed by atoms with Crippen molar-refractivity contribution in [3.63, 3.8) is 0 Å². The van der Waals surface area contributed by atoms with Gasteiger partial charge in [0.05, 0.1) is 6.26 Å². The maximum atomic E-state index is 12.1. The van der Waals surface area contributed by atoms with E-state index >= 15 is 0 Å². The minimum absolute atomic E-state index is 0.205. The van der Waals surface area contributed by atoms with Gasteiger partial charge < -0.3 is 4.42 Å². The third-order valence-electron chi connectivity index (χ3n) is 2.42. The van der Waals surface area contributed by atoms with Crippen LogP contribution < -0.4 is 4.72 Å². The lowest BCUT2D eigenvalue weighted by molar-refractivity contribution is 0.479. The Kier molecular flexibility index (Phi) is 3.89. The monoisotopic (exact) mass is 285 g/mol. The van der Waals surface area contributed by atoms with Crippen LogP contribution in [0.3, 0.4) is 0 Å². The molecule has 0 spiro atoms. The predicted molar refractivity (Wildman–Crippen MR) is 71.3 cm³/mol. The van der Waals surface area contributed by atoms with Gasteiger partial charge in [0.25, 0.3) is 0 Å². The Balaban J connectivity index is 2.04. The number of hydrogen-bond donors (Lipinski definition) is 1. The van der Waals surface area contributed by atoms with Gasteiger partial charge in [-0.3, -0.25) is 0 Å². The van der Waals surface area contributed by atoms with E-state index in [0.717, 1.165) is 10.6 Å². The van der Waals surface area contributed by atoms with Gasteiger partial charge in [-0.2, -0.15) is 0 Å². The van der Waals surface area contributed by atoms with Crippen molar-refractivity contribution in [2.75, 3.05) is 0 Å². The van der Waals surface area contributed by atoms with E-state index in [4.69, 9.17) is 4.42 Å². The smallest absolute Gasteiger partial charge is 0.250 e. The lowest BCUT2D eigenvalue weighted by Gasteiger charge is -2.11. The molecule has 6 heteroatoms. The highest BCUT2D eigenvalue weighted by Crippen LogP contribution is 2.20. The van der Waals surface area contributed by atoms with E-state index in [1.54, 1.807) is 24.5 Å². The summed E-state index contributed by atoms with van der Waals surface area (Å²) in [6.07, 6.45) is 2.12. The molecule has 0 aliphatic heterocycles. The van der Waals surface area contributed by atoms with E-state index in [9.17, 15) is 8.42 Å². The average molecular weight is 285 g/mol. The topological polar surface area (TPSA) is 59.3 Å². The number of rotatable bonds is 5. The Morgan fingerprint density at radius 3 is 2.72 bits per heavy atom. The molecule has 0 unspecified atom stereocenters. The molecular weight excluding hydrogens is 270 g/mol. The lowest BCUT2D eigenvalue weighted by atomic mass is 10.2. The third kappa shape index (κ3) is 3.22. The van der Waals surface area contributed by atoms with Crippen LogP contribution in [0.1, 0.15) is 17.6 Å². The number of nitrogens with one attached hydrogen (secondary N) is 1. The van der Waals surface area contributed by atoms with E-state index in [2.05, 4.69) is 4.72 Å². The molecule has 0 aromatic carbocycles. The van der Waals surface area contributed by atoms with E-state index in [1.807, 2.05) is 19.9 Å². The summed E-state index contributed by atoms with van der Waals surface area (Å²) in [5, 5.41) is 0. The SMILES string of the molecule is Cc1ccc(S(=O)(=O)N[C@@H](C)Cc2ccco2)s1. The molecule has 2 aromatic rings. The quantitative estimate of drug-likeness (QED) is 0.918. The van der Waals surface area contributed by atoms with Gasteiger partial charge in [0.1, 0.15) is 9.97 Å². The van der Waals surface area contributed by atoms with Crippen LogP contribution in [0.5, 0.6) is 0 Å². The van der Waals surface area contributed by atoms with Crippen LogP contribution in [0.15, 0.2) is 39.2 Å². The maximum absolute atomic E-state index is 12.1. The summed E-state index contributed by atoms with van der Waals surface area (Å²) in [7, 11) is -3.42. The second-order valence-corrected chi connectivity index (χ2v) is 7.40. The summed E-state index contributed by atoms with van der Waals surface area (Å²) < 4.78 is 32.3. The van der Waals surface area contributed by atoms with Crippen LogP contribution in [0.4, 0.5) is 0 Å². The molecule has 0 saturated heterocycles. The van der Waals surface area contributed by atoms with Crippen molar-refractivity contribution < 1.29 is 12.8 Å². The molecule has 18 heavy (non-hydrogen) atoms. The van der Waals surface area contributed by atoms with Gasteiger partial charge >= 0.3 is 0 Å². The van der Waals surface area contributed by atoms with Crippen molar-refractivity contribution in [2.45, 2.75) is 30.5 Å². The van der Waals surface area contributed by atoms with Crippen LogP contribution in [-0.4, -0.2) is 14.5 Å². The van der Waals surface area contributed by atoms with Crippen LogP contribution in [0.25, 0.3) is 0 Å². The summed E-state index contributed by atoms with van der Waals surface area (Å²) in [6, 6.07) is 6.85. The van der Waals surface area contributed by atoms with Crippen LogP contribution in [0, 0.1) is 6.92 Å². The van der Waals surface area contributed by atoms with Gasteiger partial charge in [-0.15, -0.1) is 11.3 Å². The molecule has 0 radical (unpaired) electrons. The number of sulfonamides is 1. The first-order valence-electron chi connectivity index (χ1n) is 5.58. The van der Waals surface area contributed by atoms with E-state index in [0.29, 0.717) is 10.6 Å². The number of thiophene rings is 1. The van der Waals surface area contributed by atoms with Gasteiger partial charge in [-0.1, -0.05) is 0 Å². The second kappa shape index (κ2) is 5.26. The fraction of sp³-hybridized carbons (Fsp3) is 0.333. The molecule has 2 heterocycles. The number of hydrogen-bond acceptors (Lipinski definition) is 4. The van der Waals surface area contributed by atoms with Gasteiger partial charge in [0.15, 0.2) is 0 Å². The first kappa shape index (κ1) is 13.3. The van der Waals surface area contributed by atoms with Crippen LogP contribution in [-0.2, 0) is 16.4 Å². The zero-order valence-electron chi connectivity index (χ0n) is 10.2. The largest absolute Gasteiger partial charge is 0.469 e. The van der Waals surface area contributed by atoms with Crippen LogP contribution >= 0.6 is 11.3 Å². The van der Waals surface area contributed by atoms with Gasteiger partial charge in [-0.25, -0.2) is 13.1 Å². The van der Waals surface area contributed by atoms with Crippen LogP contribution in [0.2, 0.25) is 0 Å². The van der Waals surface area contributed by atoms with E-state index < -0.39 is 10.0 Å². The molecule has 1 N–H and O–H groups in total. The summed E-state index contributed by atoms with van der Waals surface area (Å²) in [4.78, 5) is 0.981. The van der Waals surface area contributed by atoms with Crippen molar-refractivity contribution in [1.82, 2.24) is 4.72 Å². The molecule has 1 atom stereocenters. The standard InChI is InChI=1S/C12H15NO3S2/c1-9(8-11-4-3-7-16-11)13-18(14,15)12-6-5-10(2)17-12/h3-7,9,13H,8H2,1-2H3/t9-/m0/s1. The Bertz CT molecular complexity index is 599. The van der Waals surface area contributed by atoms with Crippen molar-refractivity contribution in [1.29, 1.82) is 0 Å². The fourth-order valence-electron chi connectivity index (χ4n) is 1.65. The Hall–Kier alpha value is -1.11. The molecule has 98 valence electrons. The molecular formula is C12H15NO3S2. The minimum Gasteiger partial charge on any atom is -0.469 e. The fourth-order valence-corrected chi connectivity index (χ4v) is 4.20. The number of aryl methyl sites for hydroxylation is 1. The van der Waals surface area contributed by atoms with Crippen molar-refractivity contribution >= 4 is 21.4 Å². The molecule has 0 aliphatic carbocycles. The maximum Gasteiger partial charge on any atom is 0.250 e.